The second kappa shape index (κ2) is 10.4. The number of rotatable bonds is 6. The van der Waals surface area contributed by atoms with E-state index in [1.54, 1.807) is 13.2 Å². The first kappa shape index (κ1) is 24.0. The van der Waals surface area contributed by atoms with Crippen molar-refractivity contribution in [3.05, 3.63) is 91.1 Å². The van der Waals surface area contributed by atoms with Crippen molar-refractivity contribution in [1.29, 1.82) is 0 Å². The zero-order valence-corrected chi connectivity index (χ0v) is 21.7. The smallest absolute Gasteiger partial charge is 0.270 e. The summed E-state index contributed by atoms with van der Waals surface area (Å²) in [5.41, 5.74) is 2.23. The average Bonchev–Trinajstić information content (AvgIpc) is 3.08. The minimum absolute atomic E-state index is 0.0732. The summed E-state index contributed by atoms with van der Waals surface area (Å²) in [7, 11) is 1.57. The Morgan fingerprint density at radius 3 is 2.64 bits per heavy atom. The molecule has 4 nitrogen and oxygen atoms in total. The number of thiocarbonyl (C=S) groups is 1. The van der Waals surface area contributed by atoms with Crippen LogP contribution in [0.25, 0.3) is 6.08 Å². The first-order valence-corrected chi connectivity index (χ1v) is 12.3. The van der Waals surface area contributed by atoms with E-state index in [1.165, 1.54) is 34.9 Å². The largest absolute Gasteiger partial charge is 0.493 e. The minimum atomic E-state index is -0.558. The molecule has 0 unspecified atom stereocenters. The maximum absolute atomic E-state index is 13.5. The van der Waals surface area contributed by atoms with E-state index < -0.39 is 5.82 Å². The third-order valence-electron chi connectivity index (χ3n) is 4.73. The highest BCUT2D eigenvalue weighted by Crippen LogP contribution is 2.39. The molecule has 3 aromatic rings. The number of hydrogen-bond acceptors (Lipinski definition) is 5. The van der Waals surface area contributed by atoms with Crippen molar-refractivity contribution in [3.8, 4) is 11.5 Å². The first-order valence-electron chi connectivity index (χ1n) is 9.64. The van der Waals surface area contributed by atoms with Crippen LogP contribution in [0.1, 0.15) is 11.1 Å². The van der Waals surface area contributed by atoms with Crippen molar-refractivity contribution < 1.29 is 18.7 Å². The number of thioether (sulfide) groups is 1. The second-order valence-corrected chi connectivity index (χ2v) is 10.2. The van der Waals surface area contributed by atoms with Crippen LogP contribution in [0.2, 0.25) is 5.02 Å². The fourth-order valence-electron chi connectivity index (χ4n) is 3.16. The van der Waals surface area contributed by atoms with Gasteiger partial charge in [-0.2, -0.15) is 0 Å². The van der Waals surface area contributed by atoms with Gasteiger partial charge < -0.3 is 9.47 Å². The van der Waals surface area contributed by atoms with E-state index in [1.807, 2.05) is 42.5 Å². The van der Waals surface area contributed by atoms with E-state index in [0.717, 1.165) is 14.7 Å². The number of amides is 1. The fraction of sp³-hybridized carbons (Fsp3) is 0.0833. The molecule has 4 rings (SSSR count). The molecular formula is C24H16ClFINO3S2. The molecule has 0 aromatic heterocycles. The van der Waals surface area contributed by atoms with Gasteiger partial charge in [-0.3, -0.25) is 9.69 Å². The number of anilines is 1. The Kier molecular flexibility index (Phi) is 7.58. The monoisotopic (exact) mass is 611 g/mol. The molecule has 1 aliphatic rings. The molecule has 0 aliphatic carbocycles. The molecule has 9 heteroatoms. The van der Waals surface area contributed by atoms with Crippen molar-refractivity contribution in [2.75, 3.05) is 12.0 Å². The summed E-state index contributed by atoms with van der Waals surface area (Å²) in [4.78, 5) is 14.8. The van der Waals surface area contributed by atoms with Crippen molar-refractivity contribution in [2.45, 2.75) is 6.61 Å². The number of halogens is 3. The van der Waals surface area contributed by atoms with Gasteiger partial charge >= 0.3 is 0 Å². The molecule has 0 saturated carbocycles. The summed E-state index contributed by atoms with van der Waals surface area (Å²) in [6, 6.07) is 17.6. The van der Waals surface area contributed by atoms with Gasteiger partial charge in [0, 0.05) is 0 Å². The average molecular weight is 612 g/mol. The summed E-state index contributed by atoms with van der Waals surface area (Å²) in [6.07, 6.45) is 1.75. The highest BCUT2D eigenvalue weighted by molar-refractivity contribution is 14.1. The third-order valence-corrected chi connectivity index (χ3v) is 7.12. The van der Waals surface area contributed by atoms with Gasteiger partial charge in [0.2, 0.25) is 0 Å². The number of nitrogens with zero attached hydrogens (tertiary/aromatic N) is 1. The molecule has 3 aromatic carbocycles. The predicted molar refractivity (Wildman–Crippen MR) is 144 cm³/mol. The SMILES string of the molecule is COc1cc(/C=C2/SC(=S)N(c3ccc(F)c(Cl)c3)C2=O)cc(I)c1OCc1ccccc1. The van der Waals surface area contributed by atoms with Gasteiger partial charge in [-0.1, -0.05) is 65.9 Å². The maximum atomic E-state index is 13.5. The van der Waals surface area contributed by atoms with Crippen LogP contribution in [-0.4, -0.2) is 17.3 Å². The summed E-state index contributed by atoms with van der Waals surface area (Å²) < 4.78 is 26.3. The van der Waals surface area contributed by atoms with Gasteiger partial charge in [0.05, 0.1) is 26.3 Å². The Morgan fingerprint density at radius 1 is 1.18 bits per heavy atom. The van der Waals surface area contributed by atoms with Crippen molar-refractivity contribution in [3.63, 3.8) is 0 Å². The summed E-state index contributed by atoms with van der Waals surface area (Å²) in [6.45, 7) is 0.408. The van der Waals surface area contributed by atoms with Gasteiger partial charge in [-0.05, 0) is 70.1 Å². The highest BCUT2D eigenvalue weighted by atomic mass is 127. The molecule has 0 N–H and O–H groups in total. The van der Waals surface area contributed by atoms with Crippen LogP contribution in [0, 0.1) is 9.39 Å². The third kappa shape index (κ3) is 5.34. The van der Waals surface area contributed by atoms with Crippen molar-refractivity contribution >= 4 is 80.2 Å². The molecule has 0 spiro atoms. The fourth-order valence-corrected chi connectivity index (χ4v) is 5.41. The molecule has 0 atom stereocenters. The van der Waals surface area contributed by atoms with Gasteiger partial charge in [-0.15, -0.1) is 0 Å². The minimum Gasteiger partial charge on any atom is -0.493 e. The van der Waals surface area contributed by atoms with Gasteiger partial charge in [-0.25, -0.2) is 4.39 Å². The summed E-state index contributed by atoms with van der Waals surface area (Å²) in [5.74, 6) is 0.334. The Morgan fingerprint density at radius 2 is 1.94 bits per heavy atom. The molecule has 0 bridgehead atoms. The number of benzene rings is 3. The molecule has 1 heterocycles. The zero-order chi connectivity index (χ0) is 23.5. The number of carbonyl (C=O) groups is 1. The zero-order valence-electron chi connectivity index (χ0n) is 17.2. The van der Waals surface area contributed by atoms with Crippen LogP contribution in [-0.2, 0) is 11.4 Å². The van der Waals surface area contributed by atoms with E-state index in [0.29, 0.717) is 33.0 Å². The van der Waals surface area contributed by atoms with E-state index >= 15 is 0 Å². The quantitative estimate of drug-likeness (QED) is 0.169. The molecule has 0 radical (unpaired) electrons. The van der Waals surface area contributed by atoms with Crippen molar-refractivity contribution in [1.82, 2.24) is 0 Å². The normalized spacial score (nSPS) is 14.8. The molecule has 1 aliphatic heterocycles. The first-order chi connectivity index (χ1) is 15.9. The van der Waals surface area contributed by atoms with Crippen LogP contribution in [0.15, 0.2) is 65.6 Å². The number of ether oxygens (including phenoxy) is 2. The number of methoxy groups -OCH3 is 1. The van der Waals surface area contributed by atoms with Crippen molar-refractivity contribution in [2.24, 2.45) is 0 Å². The van der Waals surface area contributed by atoms with E-state index in [-0.39, 0.29) is 10.9 Å². The lowest BCUT2D eigenvalue weighted by Gasteiger charge is -2.15. The van der Waals surface area contributed by atoms with E-state index in [2.05, 4.69) is 22.6 Å². The molecule has 1 fully saturated rings. The van der Waals surface area contributed by atoms with Crippen LogP contribution in [0.3, 0.4) is 0 Å². The van der Waals surface area contributed by atoms with Crippen LogP contribution in [0.5, 0.6) is 11.5 Å². The molecule has 1 amide bonds. The van der Waals surface area contributed by atoms with E-state index in [4.69, 9.17) is 33.3 Å². The Labute approximate surface area is 218 Å². The Bertz CT molecular complexity index is 1270. The standard InChI is InChI=1S/C24H16ClFINO3S2/c1-30-20-10-15(9-19(27)22(20)31-13-14-5-3-2-4-6-14)11-21-23(29)28(24(32)33-21)16-7-8-18(26)17(25)12-16/h2-12H,13H2,1H3/b21-11+. The van der Waals surface area contributed by atoms with Gasteiger partial charge in [0.15, 0.2) is 15.8 Å². The van der Waals surface area contributed by atoms with Gasteiger partial charge in [0.1, 0.15) is 12.4 Å². The lowest BCUT2D eigenvalue weighted by Crippen LogP contribution is -2.27. The van der Waals surface area contributed by atoms with Gasteiger partial charge in [0.25, 0.3) is 5.91 Å². The highest BCUT2D eigenvalue weighted by Gasteiger charge is 2.33. The topological polar surface area (TPSA) is 38.8 Å². The lowest BCUT2D eigenvalue weighted by atomic mass is 10.1. The number of carbonyl (C=O) groups excluding carboxylic acids is 1. The van der Waals surface area contributed by atoms with Crippen LogP contribution in [0.4, 0.5) is 10.1 Å². The summed E-state index contributed by atoms with van der Waals surface area (Å²) in [5, 5.41) is -0.0732. The van der Waals surface area contributed by atoms with Crippen LogP contribution >= 0.6 is 58.2 Å². The molecule has 168 valence electrons. The van der Waals surface area contributed by atoms with E-state index in [9.17, 15) is 9.18 Å². The Balaban J connectivity index is 1.59. The lowest BCUT2D eigenvalue weighted by molar-refractivity contribution is -0.113. The molecular weight excluding hydrogens is 596 g/mol. The Hall–Kier alpha value is -2.14. The molecule has 1 saturated heterocycles. The number of hydrogen-bond donors (Lipinski definition) is 0. The van der Waals surface area contributed by atoms with Crippen LogP contribution < -0.4 is 14.4 Å². The molecule has 33 heavy (non-hydrogen) atoms. The summed E-state index contributed by atoms with van der Waals surface area (Å²) >= 11 is 14.6. The predicted octanol–water partition coefficient (Wildman–Crippen LogP) is 7.08. The second-order valence-electron chi connectivity index (χ2n) is 6.92. The maximum Gasteiger partial charge on any atom is 0.270 e.